The van der Waals surface area contributed by atoms with E-state index in [0.29, 0.717) is 13.2 Å². The van der Waals surface area contributed by atoms with Crippen LogP contribution in [-0.4, -0.2) is 19.2 Å². The first-order valence-electron chi connectivity index (χ1n) is 8.02. The third-order valence-corrected chi connectivity index (χ3v) is 3.60. The van der Waals surface area contributed by atoms with Crippen LogP contribution in [0.3, 0.4) is 0 Å². The Hall–Kier alpha value is -2.49. The number of hydrogen-bond acceptors (Lipinski definition) is 2. The molecular formula is C19H24N2O2. The van der Waals surface area contributed by atoms with Crippen molar-refractivity contribution < 1.29 is 9.53 Å². The molecule has 122 valence electrons. The number of para-hydroxylation sites is 2. The van der Waals surface area contributed by atoms with Crippen LogP contribution >= 0.6 is 0 Å². The van der Waals surface area contributed by atoms with Crippen LogP contribution in [-0.2, 0) is 6.42 Å². The zero-order valence-electron chi connectivity index (χ0n) is 13.8. The summed E-state index contributed by atoms with van der Waals surface area (Å²) < 4.78 is 5.70. The van der Waals surface area contributed by atoms with Gasteiger partial charge in [-0.2, -0.15) is 0 Å². The van der Waals surface area contributed by atoms with Crippen molar-refractivity contribution >= 4 is 11.7 Å². The summed E-state index contributed by atoms with van der Waals surface area (Å²) in [6.07, 6.45) is 1.65. The van der Waals surface area contributed by atoms with Gasteiger partial charge in [0.15, 0.2) is 0 Å². The summed E-state index contributed by atoms with van der Waals surface area (Å²) in [6.45, 7) is 5.25. The topological polar surface area (TPSA) is 50.4 Å². The number of carbonyl (C=O) groups excluding carboxylic acids is 1. The molecule has 0 saturated heterocycles. The molecule has 0 atom stereocenters. The summed E-state index contributed by atoms with van der Waals surface area (Å²) in [5, 5.41) is 5.74. The first-order chi connectivity index (χ1) is 11.2. The maximum absolute atomic E-state index is 11.9. The van der Waals surface area contributed by atoms with Gasteiger partial charge in [-0.1, -0.05) is 43.3 Å². The van der Waals surface area contributed by atoms with Crippen LogP contribution in [0.25, 0.3) is 0 Å². The summed E-state index contributed by atoms with van der Waals surface area (Å²) in [5.41, 5.74) is 3.11. The lowest BCUT2D eigenvalue weighted by Gasteiger charge is -2.11. The second-order valence-corrected chi connectivity index (χ2v) is 5.36. The second kappa shape index (κ2) is 8.83. The number of benzene rings is 2. The van der Waals surface area contributed by atoms with Crippen LogP contribution < -0.4 is 15.4 Å². The van der Waals surface area contributed by atoms with Crippen molar-refractivity contribution in [2.45, 2.75) is 26.7 Å². The van der Waals surface area contributed by atoms with Gasteiger partial charge in [0.1, 0.15) is 5.75 Å². The predicted octanol–water partition coefficient (Wildman–Crippen LogP) is 4.15. The number of anilines is 1. The van der Waals surface area contributed by atoms with E-state index in [0.717, 1.165) is 35.4 Å². The molecule has 0 radical (unpaired) electrons. The monoisotopic (exact) mass is 312 g/mol. The van der Waals surface area contributed by atoms with Crippen LogP contribution in [0.1, 0.15) is 24.5 Å². The summed E-state index contributed by atoms with van der Waals surface area (Å²) in [6, 6.07) is 15.6. The Morgan fingerprint density at radius 1 is 1.09 bits per heavy atom. The Morgan fingerprint density at radius 2 is 1.83 bits per heavy atom. The first kappa shape index (κ1) is 16.9. The third-order valence-electron chi connectivity index (χ3n) is 3.60. The SMILES string of the molecule is CCc1ccccc1NC(=O)NCCCOc1ccccc1C. The van der Waals surface area contributed by atoms with Gasteiger partial charge in [-0.05, 0) is 43.0 Å². The molecular weight excluding hydrogens is 288 g/mol. The van der Waals surface area contributed by atoms with Crippen LogP contribution in [0.2, 0.25) is 0 Å². The van der Waals surface area contributed by atoms with E-state index in [1.807, 2.05) is 55.5 Å². The molecule has 4 nitrogen and oxygen atoms in total. The number of rotatable bonds is 7. The van der Waals surface area contributed by atoms with Gasteiger partial charge in [-0.15, -0.1) is 0 Å². The molecule has 23 heavy (non-hydrogen) atoms. The fraction of sp³-hybridized carbons (Fsp3) is 0.316. The van der Waals surface area contributed by atoms with E-state index in [-0.39, 0.29) is 6.03 Å². The zero-order chi connectivity index (χ0) is 16.5. The van der Waals surface area contributed by atoms with E-state index in [2.05, 4.69) is 17.6 Å². The minimum absolute atomic E-state index is 0.179. The van der Waals surface area contributed by atoms with Crippen LogP contribution in [0.5, 0.6) is 5.75 Å². The average Bonchev–Trinajstić information content (AvgIpc) is 2.56. The van der Waals surface area contributed by atoms with Crippen LogP contribution in [0, 0.1) is 6.92 Å². The van der Waals surface area contributed by atoms with E-state index in [4.69, 9.17) is 4.74 Å². The van der Waals surface area contributed by atoms with Crippen molar-refractivity contribution in [3.05, 3.63) is 59.7 Å². The number of nitrogens with one attached hydrogen (secondary N) is 2. The smallest absolute Gasteiger partial charge is 0.319 e. The average molecular weight is 312 g/mol. The van der Waals surface area contributed by atoms with Crippen molar-refractivity contribution in [2.75, 3.05) is 18.5 Å². The maximum atomic E-state index is 11.9. The number of hydrogen-bond donors (Lipinski definition) is 2. The van der Waals surface area contributed by atoms with Gasteiger partial charge in [-0.3, -0.25) is 0 Å². The molecule has 0 aromatic heterocycles. The van der Waals surface area contributed by atoms with E-state index in [1.54, 1.807) is 0 Å². The molecule has 0 unspecified atom stereocenters. The molecule has 2 amide bonds. The number of carbonyl (C=O) groups is 1. The highest BCUT2D eigenvalue weighted by Gasteiger charge is 2.04. The van der Waals surface area contributed by atoms with E-state index in [1.165, 1.54) is 0 Å². The quantitative estimate of drug-likeness (QED) is 0.755. The largest absolute Gasteiger partial charge is 0.493 e. The number of urea groups is 1. The van der Waals surface area contributed by atoms with Gasteiger partial charge in [0, 0.05) is 12.2 Å². The Kier molecular flexibility index (Phi) is 6.48. The molecule has 0 bridgehead atoms. The minimum atomic E-state index is -0.179. The van der Waals surface area contributed by atoms with Crippen LogP contribution in [0.15, 0.2) is 48.5 Å². The van der Waals surface area contributed by atoms with Crippen molar-refractivity contribution in [3.63, 3.8) is 0 Å². The van der Waals surface area contributed by atoms with Crippen molar-refractivity contribution in [1.82, 2.24) is 5.32 Å². The summed E-state index contributed by atoms with van der Waals surface area (Å²) in [5.74, 6) is 0.897. The molecule has 2 aromatic rings. The Bertz CT molecular complexity index is 641. The van der Waals surface area contributed by atoms with Crippen molar-refractivity contribution in [1.29, 1.82) is 0 Å². The molecule has 0 saturated carbocycles. The van der Waals surface area contributed by atoms with Crippen molar-refractivity contribution in [2.24, 2.45) is 0 Å². The fourth-order valence-electron chi connectivity index (χ4n) is 2.29. The van der Waals surface area contributed by atoms with E-state index < -0.39 is 0 Å². The molecule has 0 fully saturated rings. The second-order valence-electron chi connectivity index (χ2n) is 5.36. The van der Waals surface area contributed by atoms with Crippen molar-refractivity contribution in [3.8, 4) is 5.75 Å². The number of ether oxygens (including phenoxy) is 1. The first-order valence-corrected chi connectivity index (χ1v) is 8.02. The normalized spacial score (nSPS) is 10.2. The van der Waals surface area contributed by atoms with Crippen LogP contribution in [0.4, 0.5) is 10.5 Å². The maximum Gasteiger partial charge on any atom is 0.319 e. The van der Waals surface area contributed by atoms with Gasteiger partial charge in [0.2, 0.25) is 0 Å². The number of amides is 2. The standard InChI is InChI=1S/C19H24N2O2/c1-3-16-10-5-6-11-17(16)21-19(22)20-13-8-14-23-18-12-7-4-9-15(18)2/h4-7,9-12H,3,8,13-14H2,1-2H3,(H2,20,21,22). The lowest BCUT2D eigenvalue weighted by atomic mass is 10.1. The lowest BCUT2D eigenvalue weighted by molar-refractivity contribution is 0.250. The van der Waals surface area contributed by atoms with Gasteiger partial charge in [0.05, 0.1) is 6.61 Å². The summed E-state index contributed by atoms with van der Waals surface area (Å²) in [7, 11) is 0. The number of aryl methyl sites for hydroxylation is 2. The highest BCUT2D eigenvalue weighted by Crippen LogP contribution is 2.16. The molecule has 0 aliphatic carbocycles. The summed E-state index contributed by atoms with van der Waals surface area (Å²) >= 11 is 0. The summed E-state index contributed by atoms with van der Waals surface area (Å²) in [4.78, 5) is 11.9. The molecule has 0 aliphatic heterocycles. The molecule has 0 spiro atoms. The predicted molar refractivity (Wildman–Crippen MR) is 94.1 cm³/mol. The Balaban J connectivity index is 1.68. The van der Waals surface area contributed by atoms with Gasteiger partial charge >= 0.3 is 6.03 Å². The molecule has 0 heterocycles. The van der Waals surface area contributed by atoms with Gasteiger partial charge in [-0.25, -0.2) is 4.79 Å². The Labute approximate surface area is 137 Å². The molecule has 0 aliphatic rings. The lowest BCUT2D eigenvalue weighted by Crippen LogP contribution is -2.30. The molecule has 2 N–H and O–H groups in total. The van der Waals surface area contributed by atoms with Gasteiger partial charge < -0.3 is 15.4 Å². The highest BCUT2D eigenvalue weighted by atomic mass is 16.5. The van der Waals surface area contributed by atoms with Gasteiger partial charge in [0.25, 0.3) is 0 Å². The fourth-order valence-corrected chi connectivity index (χ4v) is 2.29. The zero-order valence-corrected chi connectivity index (χ0v) is 13.8. The van der Waals surface area contributed by atoms with E-state index >= 15 is 0 Å². The third kappa shape index (κ3) is 5.33. The van der Waals surface area contributed by atoms with E-state index in [9.17, 15) is 4.79 Å². The molecule has 2 aromatic carbocycles. The molecule has 2 rings (SSSR count). The molecule has 4 heteroatoms. The Morgan fingerprint density at radius 3 is 2.61 bits per heavy atom. The highest BCUT2D eigenvalue weighted by molar-refractivity contribution is 5.90. The minimum Gasteiger partial charge on any atom is -0.493 e.